The van der Waals surface area contributed by atoms with Crippen LogP contribution in [0.1, 0.15) is 25.6 Å². The number of aryl methyl sites for hydroxylation is 1. The first-order valence-electron chi connectivity index (χ1n) is 6.83. The highest BCUT2D eigenvalue weighted by Gasteiger charge is 2.29. The second-order valence-corrected chi connectivity index (χ2v) is 4.64. The average Bonchev–Trinajstić information content (AvgIpc) is 2.88. The molecule has 2 unspecified atom stereocenters. The molecule has 2 rings (SSSR count). The number of likely N-dealkylation sites (N-methyl/N-ethyl adjacent to an activating group) is 2. The third-order valence-electron chi connectivity index (χ3n) is 3.68. The van der Waals surface area contributed by atoms with Crippen molar-refractivity contribution >= 4 is 0 Å². The van der Waals surface area contributed by atoms with Gasteiger partial charge in [0.2, 0.25) is 0 Å². The molecule has 5 nitrogen and oxygen atoms in total. The van der Waals surface area contributed by atoms with Crippen LogP contribution in [0.3, 0.4) is 0 Å². The quantitative estimate of drug-likeness (QED) is 0.845. The Bertz CT molecular complexity index is 366. The van der Waals surface area contributed by atoms with Crippen LogP contribution in [0.5, 0.6) is 0 Å². The molecular formula is C13H24N4O. The summed E-state index contributed by atoms with van der Waals surface area (Å²) in [6, 6.07) is 2.29. The summed E-state index contributed by atoms with van der Waals surface area (Å²) in [7, 11) is 1.99. The molecule has 0 aliphatic carbocycles. The molecule has 0 amide bonds. The van der Waals surface area contributed by atoms with Crippen LogP contribution < -0.4 is 5.32 Å². The normalized spacial score (nSPS) is 23.2. The molecule has 2 atom stereocenters. The Hall–Kier alpha value is -0.910. The molecule has 1 aliphatic heterocycles. The highest BCUT2D eigenvalue weighted by atomic mass is 16.5. The molecule has 1 saturated heterocycles. The number of morpholine rings is 1. The second kappa shape index (κ2) is 6.31. The van der Waals surface area contributed by atoms with Crippen LogP contribution >= 0.6 is 0 Å². The average molecular weight is 252 g/mol. The predicted molar refractivity (Wildman–Crippen MR) is 71.6 cm³/mol. The van der Waals surface area contributed by atoms with E-state index >= 15 is 0 Å². The fourth-order valence-electron chi connectivity index (χ4n) is 2.62. The Labute approximate surface area is 109 Å². The van der Waals surface area contributed by atoms with Gasteiger partial charge >= 0.3 is 0 Å². The Balaban J connectivity index is 2.13. The van der Waals surface area contributed by atoms with E-state index in [2.05, 4.69) is 35.2 Å². The number of hydrogen-bond acceptors (Lipinski definition) is 4. The van der Waals surface area contributed by atoms with Crippen molar-refractivity contribution in [2.75, 3.05) is 33.3 Å². The van der Waals surface area contributed by atoms with E-state index in [4.69, 9.17) is 4.74 Å². The maximum Gasteiger partial charge on any atom is 0.0912 e. The van der Waals surface area contributed by atoms with Crippen molar-refractivity contribution in [2.24, 2.45) is 0 Å². The monoisotopic (exact) mass is 252 g/mol. The van der Waals surface area contributed by atoms with Crippen molar-refractivity contribution in [3.63, 3.8) is 0 Å². The first kappa shape index (κ1) is 13.5. The van der Waals surface area contributed by atoms with Crippen LogP contribution in [0.25, 0.3) is 0 Å². The Morgan fingerprint density at radius 2 is 2.33 bits per heavy atom. The van der Waals surface area contributed by atoms with E-state index in [-0.39, 0.29) is 12.1 Å². The van der Waals surface area contributed by atoms with Gasteiger partial charge in [0.15, 0.2) is 0 Å². The molecule has 0 spiro atoms. The molecule has 5 heteroatoms. The van der Waals surface area contributed by atoms with Gasteiger partial charge in [-0.15, -0.1) is 0 Å². The summed E-state index contributed by atoms with van der Waals surface area (Å²) in [5, 5.41) is 7.73. The minimum atomic E-state index is 0.200. The zero-order valence-electron chi connectivity index (χ0n) is 11.6. The highest BCUT2D eigenvalue weighted by Crippen LogP contribution is 2.22. The van der Waals surface area contributed by atoms with Gasteiger partial charge < -0.3 is 10.1 Å². The summed E-state index contributed by atoms with van der Waals surface area (Å²) in [5.74, 6) is 0. The van der Waals surface area contributed by atoms with Crippen molar-refractivity contribution in [2.45, 2.75) is 32.5 Å². The number of aromatic nitrogens is 2. The highest BCUT2D eigenvalue weighted by molar-refractivity contribution is 5.10. The molecular weight excluding hydrogens is 228 g/mol. The van der Waals surface area contributed by atoms with Gasteiger partial charge in [0.1, 0.15) is 0 Å². The maximum atomic E-state index is 5.94. The van der Waals surface area contributed by atoms with Crippen molar-refractivity contribution < 1.29 is 4.74 Å². The van der Waals surface area contributed by atoms with Crippen molar-refractivity contribution in [3.05, 3.63) is 18.0 Å². The number of rotatable bonds is 5. The summed E-state index contributed by atoms with van der Waals surface area (Å²) in [6.45, 7) is 9.13. The molecule has 1 fully saturated rings. The van der Waals surface area contributed by atoms with Crippen LogP contribution in [0.2, 0.25) is 0 Å². The standard InChI is InChI=1S/C13H24N4O/c1-4-16-8-9-18-12(10-16)13(14-3)11-6-7-15-17(11)5-2/h6-7,12-14H,4-5,8-10H2,1-3H3. The zero-order chi connectivity index (χ0) is 13.0. The molecule has 0 bridgehead atoms. The van der Waals surface area contributed by atoms with Crippen molar-refractivity contribution in [1.82, 2.24) is 20.0 Å². The molecule has 2 heterocycles. The van der Waals surface area contributed by atoms with Crippen molar-refractivity contribution in [3.8, 4) is 0 Å². The topological polar surface area (TPSA) is 42.3 Å². The maximum absolute atomic E-state index is 5.94. The molecule has 102 valence electrons. The third-order valence-corrected chi connectivity index (χ3v) is 3.68. The van der Waals surface area contributed by atoms with Gasteiger partial charge in [0.05, 0.1) is 24.4 Å². The van der Waals surface area contributed by atoms with E-state index in [1.807, 2.05) is 17.9 Å². The lowest BCUT2D eigenvalue weighted by Gasteiger charge is -2.36. The van der Waals surface area contributed by atoms with Gasteiger partial charge in [-0.05, 0) is 26.6 Å². The second-order valence-electron chi connectivity index (χ2n) is 4.64. The van der Waals surface area contributed by atoms with Gasteiger partial charge in [-0.1, -0.05) is 6.92 Å². The minimum Gasteiger partial charge on any atom is -0.374 e. The van der Waals surface area contributed by atoms with Gasteiger partial charge in [0.25, 0.3) is 0 Å². The van der Waals surface area contributed by atoms with Crippen LogP contribution in [-0.2, 0) is 11.3 Å². The van der Waals surface area contributed by atoms with Gasteiger partial charge in [0, 0.05) is 25.8 Å². The minimum absolute atomic E-state index is 0.200. The Morgan fingerprint density at radius 1 is 1.50 bits per heavy atom. The fraction of sp³-hybridized carbons (Fsp3) is 0.769. The molecule has 1 N–H and O–H groups in total. The van der Waals surface area contributed by atoms with Crippen molar-refractivity contribution in [1.29, 1.82) is 0 Å². The Morgan fingerprint density at radius 3 is 3.00 bits per heavy atom. The van der Waals surface area contributed by atoms with Gasteiger partial charge in [-0.25, -0.2) is 0 Å². The largest absolute Gasteiger partial charge is 0.374 e. The molecule has 1 aromatic rings. The first-order valence-corrected chi connectivity index (χ1v) is 6.83. The fourth-order valence-corrected chi connectivity index (χ4v) is 2.62. The SMILES string of the molecule is CCN1CCOC(C(NC)c2ccnn2CC)C1. The van der Waals surface area contributed by atoms with E-state index in [1.54, 1.807) is 0 Å². The van der Waals surface area contributed by atoms with E-state index in [1.165, 1.54) is 5.69 Å². The van der Waals surface area contributed by atoms with E-state index in [0.29, 0.717) is 0 Å². The number of nitrogens with one attached hydrogen (secondary N) is 1. The summed E-state index contributed by atoms with van der Waals surface area (Å²) in [4.78, 5) is 2.44. The van der Waals surface area contributed by atoms with Crippen LogP contribution in [0, 0.1) is 0 Å². The molecule has 1 aliphatic rings. The number of ether oxygens (including phenoxy) is 1. The van der Waals surface area contributed by atoms with E-state index in [9.17, 15) is 0 Å². The Kier molecular flexibility index (Phi) is 4.74. The van der Waals surface area contributed by atoms with Crippen LogP contribution in [0.4, 0.5) is 0 Å². The lowest BCUT2D eigenvalue weighted by atomic mass is 10.1. The smallest absolute Gasteiger partial charge is 0.0912 e. The summed E-state index contributed by atoms with van der Waals surface area (Å²) in [6.07, 6.45) is 2.06. The number of nitrogens with zero attached hydrogens (tertiary/aromatic N) is 3. The van der Waals surface area contributed by atoms with E-state index in [0.717, 1.165) is 32.8 Å². The van der Waals surface area contributed by atoms with Crippen LogP contribution in [0.15, 0.2) is 12.3 Å². The molecule has 0 radical (unpaired) electrons. The molecule has 0 saturated carbocycles. The summed E-state index contributed by atoms with van der Waals surface area (Å²) >= 11 is 0. The summed E-state index contributed by atoms with van der Waals surface area (Å²) < 4.78 is 7.98. The van der Waals surface area contributed by atoms with E-state index < -0.39 is 0 Å². The molecule has 0 aromatic carbocycles. The summed E-state index contributed by atoms with van der Waals surface area (Å²) in [5.41, 5.74) is 1.21. The predicted octanol–water partition coefficient (Wildman–Crippen LogP) is 0.884. The molecule has 18 heavy (non-hydrogen) atoms. The lowest BCUT2D eigenvalue weighted by molar-refractivity contribution is -0.0457. The first-order chi connectivity index (χ1) is 8.80. The zero-order valence-corrected chi connectivity index (χ0v) is 11.6. The van der Waals surface area contributed by atoms with Gasteiger partial charge in [-0.3, -0.25) is 9.58 Å². The van der Waals surface area contributed by atoms with Gasteiger partial charge in [-0.2, -0.15) is 5.10 Å². The van der Waals surface area contributed by atoms with Crippen LogP contribution in [-0.4, -0.2) is 54.1 Å². The molecule has 1 aromatic heterocycles. The lowest BCUT2D eigenvalue weighted by Crippen LogP contribution is -2.48. The number of hydrogen-bond donors (Lipinski definition) is 1. The third kappa shape index (κ3) is 2.74.